The number of nitrogens with zero attached hydrogens (tertiary/aromatic N) is 3. The summed E-state index contributed by atoms with van der Waals surface area (Å²) in [6, 6.07) is 15.8. The topological polar surface area (TPSA) is 53.1 Å². The van der Waals surface area contributed by atoms with Gasteiger partial charge in [0.15, 0.2) is 0 Å². The van der Waals surface area contributed by atoms with Crippen molar-refractivity contribution in [2.24, 2.45) is 0 Å². The Labute approximate surface area is 117 Å². The number of nitriles is 1. The van der Waals surface area contributed by atoms with Gasteiger partial charge in [-0.05, 0) is 29.8 Å². The molecular formula is C16H14N4. The molecule has 0 aliphatic rings. The molecule has 0 spiro atoms. The smallest absolute Gasteiger partial charge is 0.0991 e. The van der Waals surface area contributed by atoms with Crippen molar-refractivity contribution in [2.75, 3.05) is 0 Å². The van der Waals surface area contributed by atoms with Gasteiger partial charge in [0.25, 0.3) is 0 Å². The molecule has 0 saturated carbocycles. The molecule has 98 valence electrons. The number of pyridine rings is 1. The number of hydrogen-bond donors (Lipinski definition) is 1. The van der Waals surface area contributed by atoms with E-state index in [-0.39, 0.29) is 0 Å². The Balaban J connectivity index is 1.66. The van der Waals surface area contributed by atoms with Crippen molar-refractivity contribution >= 4 is 5.52 Å². The van der Waals surface area contributed by atoms with E-state index in [0.717, 1.165) is 24.2 Å². The van der Waals surface area contributed by atoms with Gasteiger partial charge in [-0.25, -0.2) is 4.52 Å². The van der Waals surface area contributed by atoms with Crippen molar-refractivity contribution in [1.82, 2.24) is 14.9 Å². The SMILES string of the molecule is N#Cc1cccc(CNCc2cnn3ccccc23)c1. The number of aromatic nitrogens is 2. The van der Waals surface area contributed by atoms with Gasteiger partial charge in [0.1, 0.15) is 0 Å². The second-order valence-electron chi connectivity index (χ2n) is 4.62. The van der Waals surface area contributed by atoms with E-state index >= 15 is 0 Å². The molecular weight excluding hydrogens is 248 g/mol. The Morgan fingerprint density at radius 2 is 2.10 bits per heavy atom. The van der Waals surface area contributed by atoms with Gasteiger partial charge >= 0.3 is 0 Å². The average molecular weight is 262 g/mol. The van der Waals surface area contributed by atoms with Gasteiger partial charge in [0.2, 0.25) is 0 Å². The number of benzene rings is 1. The standard InChI is InChI=1S/C16H14N4/c17-9-13-4-3-5-14(8-13)10-18-11-15-12-19-20-7-2-1-6-16(15)20/h1-8,12,18H,10-11H2. The maximum absolute atomic E-state index is 8.87. The number of rotatable bonds is 4. The Kier molecular flexibility index (Phi) is 3.44. The van der Waals surface area contributed by atoms with Crippen LogP contribution in [0.4, 0.5) is 0 Å². The first-order chi connectivity index (χ1) is 9.86. The molecule has 4 nitrogen and oxygen atoms in total. The van der Waals surface area contributed by atoms with Gasteiger partial charge in [-0.1, -0.05) is 18.2 Å². The molecule has 4 heteroatoms. The van der Waals surface area contributed by atoms with Gasteiger partial charge < -0.3 is 5.32 Å². The molecule has 20 heavy (non-hydrogen) atoms. The minimum Gasteiger partial charge on any atom is -0.308 e. The van der Waals surface area contributed by atoms with Crippen molar-refractivity contribution in [3.63, 3.8) is 0 Å². The summed E-state index contributed by atoms with van der Waals surface area (Å²) in [5, 5.41) is 16.6. The summed E-state index contributed by atoms with van der Waals surface area (Å²) >= 11 is 0. The minimum absolute atomic E-state index is 0.695. The van der Waals surface area contributed by atoms with E-state index in [2.05, 4.69) is 22.6 Å². The Hall–Kier alpha value is -2.64. The summed E-state index contributed by atoms with van der Waals surface area (Å²) in [5.74, 6) is 0. The molecule has 0 aliphatic carbocycles. The lowest BCUT2D eigenvalue weighted by atomic mass is 10.1. The Morgan fingerprint density at radius 1 is 1.15 bits per heavy atom. The molecule has 0 fully saturated rings. The maximum atomic E-state index is 8.87. The van der Waals surface area contributed by atoms with E-state index in [4.69, 9.17) is 5.26 Å². The van der Waals surface area contributed by atoms with E-state index < -0.39 is 0 Å². The van der Waals surface area contributed by atoms with Crippen molar-refractivity contribution in [1.29, 1.82) is 5.26 Å². The molecule has 2 heterocycles. The van der Waals surface area contributed by atoms with Gasteiger partial charge in [-0.2, -0.15) is 10.4 Å². The normalized spacial score (nSPS) is 10.6. The third-order valence-corrected chi connectivity index (χ3v) is 3.21. The van der Waals surface area contributed by atoms with E-state index in [1.807, 2.05) is 53.3 Å². The zero-order chi connectivity index (χ0) is 13.8. The fraction of sp³-hybridized carbons (Fsp3) is 0.125. The van der Waals surface area contributed by atoms with E-state index in [1.165, 1.54) is 5.56 Å². The zero-order valence-corrected chi connectivity index (χ0v) is 11.0. The van der Waals surface area contributed by atoms with E-state index in [9.17, 15) is 0 Å². The Bertz CT molecular complexity index is 767. The van der Waals surface area contributed by atoms with Gasteiger partial charge in [0.05, 0.1) is 23.3 Å². The second-order valence-corrected chi connectivity index (χ2v) is 4.62. The summed E-state index contributed by atoms with van der Waals surface area (Å²) < 4.78 is 1.87. The first-order valence-electron chi connectivity index (χ1n) is 6.48. The Morgan fingerprint density at radius 3 is 3.00 bits per heavy atom. The lowest BCUT2D eigenvalue weighted by molar-refractivity contribution is 0.696. The summed E-state index contributed by atoms with van der Waals surface area (Å²) in [6.07, 6.45) is 3.82. The van der Waals surface area contributed by atoms with Crippen LogP contribution in [-0.2, 0) is 13.1 Å². The fourth-order valence-corrected chi connectivity index (χ4v) is 2.22. The van der Waals surface area contributed by atoms with Crippen LogP contribution in [0.2, 0.25) is 0 Å². The quantitative estimate of drug-likeness (QED) is 0.786. The van der Waals surface area contributed by atoms with Crippen molar-refractivity contribution in [3.05, 3.63) is 71.5 Å². The van der Waals surface area contributed by atoms with Crippen molar-refractivity contribution < 1.29 is 0 Å². The molecule has 3 rings (SSSR count). The lowest BCUT2D eigenvalue weighted by Gasteiger charge is -2.04. The second kappa shape index (κ2) is 5.55. The van der Waals surface area contributed by atoms with Gasteiger partial charge in [-0.3, -0.25) is 0 Å². The highest BCUT2D eigenvalue weighted by Gasteiger charge is 2.02. The average Bonchev–Trinajstić information content (AvgIpc) is 2.91. The highest BCUT2D eigenvalue weighted by molar-refractivity contribution is 5.53. The molecule has 0 radical (unpaired) electrons. The van der Waals surface area contributed by atoms with Crippen LogP contribution in [0.15, 0.2) is 54.9 Å². The summed E-state index contributed by atoms with van der Waals surface area (Å²) in [4.78, 5) is 0. The van der Waals surface area contributed by atoms with Gasteiger partial charge in [0, 0.05) is 24.8 Å². The summed E-state index contributed by atoms with van der Waals surface area (Å²) in [5.41, 5.74) is 4.09. The minimum atomic E-state index is 0.695. The lowest BCUT2D eigenvalue weighted by Crippen LogP contribution is -2.12. The molecule has 1 N–H and O–H groups in total. The largest absolute Gasteiger partial charge is 0.308 e. The first kappa shape index (κ1) is 12.4. The predicted molar refractivity (Wildman–Crippen MR) is 76.9 cm³/mol. The molecule has 3 aromatic rings. The van der Waals surface area contributed by atoms with Crippen LogP contribution in [0.25, 0.3) is 5.52 Å². The van der Waals surface area contributed by atoms with Crippen LogP contribution in [0, 0.1) is 11.3 Å². The maximum Gasteiger partial charge on any atom is 0.0991 e. The molecule has 0 atom stereocenters. The number of hydrogen-bond acceptors (Lipinski definition) is 3. The molecule has 0 aliphatic heterocycles. The zero-order valence-electron chi connectivity index (χ0n) is 11.0. The molecule has 0 amide bonds. The predicted octanol–water partition coefficient (Wildman–Crippen LogP) is 2.50. The van der Waals surface area contributed by atoms with Gasteiger partial charge in [-0.15, -0.1) is 0 Å². The molecule has 0 unspecified atom stereocenters. The van der Waals surface area contributed by atoms with Crippen LogP contribution < -0.4 is 5.32 Å². The van der Waals surface area contributed by atoms with Crippen LogP contribution in [0.3, 0.4) is 0 Å². The first-order valence-corrected chi connectivity index (χ1v) is 6.48. The monoisotopic (exact) mass is 262 g/mol. The summed E-state index contributed by atoms with van der Waals surface area (Å²) in [6.45, 7) is 1.49. The third-order valence-electron chi connectivity index (χ3n) is 3.21. The molecule has 0 bridgehead atoms. The molecule has 2 aromatic heterocycles. The molecule has 1 aromatic carbocycles. The van der Waals surface area contributed by atoms with Crippen molar-refractivity contribution in [3.8, 4) is 6.07 Å². The van der Waals surface area contributed by atoms with E-state index in [0.29, 0.717) is 5.56 Å². The van der Waals surface area contributed by atoms with Crippen LogP contribution in [0.1, 0.15) is 16.7 Å². The fourth-order valence-electron chi connectivity index (χ4n) is 2.22. The summed E-state index contributed by atoms with van der Waals surface area (Å²) in [7, 11) is 0. The van der Waals surface area contributed by atoms with Crippen molar-refractivity contribution in [2.45, 2.75) is 13.1 Å². The van der Waals surface area contributed by atoms with Crippen LogP contribution in [-0.4, -0.2) is 9.61 Å². The highest BCUT2D eigenvalue weighted by Crippen LogP contribution is 2.10. The number of fused-ring (bicyclic) bond motifs is 1. The third kappa shape index (κ3) is 2.53. The highest BCUT2D eigenvalue weighted by atomic mass is 15.2. The molecule has 0 saturated heterocycles. The van der Waals surface area contributed by atoms with Crippen LogP contribution >= 0.6 is 0 Å². The van der Waals surface area contributed by atoms with E-state index in [1.54, 1.807) is 0 Å². The number of nitrogens with one attached hydrogen (secondary N) is 1. The van der Waals surface area contributed by atoms with Crippen LogP contribution in [0.5, 0.6) is 0 Å².